The molecule has 0 aromatic heterocycles. The summed E-state index contributed by atoms with van der Waals surface area (Å²) in [5, 5.41) is 9.03. The number of fused-ring (bicyclic) bond motifs is 1. The molecule has 1 aromatic rings. The maximum atomic E-state index is 13.0. The summed E-state index contributed by atoms with van der Waals surface area (Å²) in [5.41, 5.74) is 0.911. The molecule has 0 spiro atoms. The number of hydrogen-bond donors (Lipinski definition) is 0. The van der Waals surface area contributed by atoms with Crippen LogP contribution in [0.4, 0.5) is 0 Å². The standard InChI is InChI=1S/C18H20N2O3/c1-23-18(22)16-10-13-6-2-3-8-15(13)20(16)17(21)14-7-4-5-12(9-14)11-19/h4-5,7,9,13,15-16H,2-3,6,8,10H2,1H3/t13-,15-,16-/m0/s1. The zero-order valence-electron chi connectivity index (χ0n) is 13.2. The number of ether oxygens (including phenoxy) is 1. The molecule has 0 unspecified atom stereocenters. The highest BCUT2D eigenvalue weighted by Crippen LogP contribution is 2.40. The average Bonchev–Trinajstić information content (AvgIpc) is 2.99. The van der Waals surface area contributed by atoms with Crippen LogP contribution in [-0.2, 0) is 9.53 Å². The van der Waals surface area contributed by atoms with E-state index in [2.05, 4.69) is 6.07 Å². The van der Waals surface area contributed by atoms with E-state index in [0.29, 0.717) is 23.5 Å². The second kappa shape index (κ2) is 6.41. The van der Waals surface area contributed by atoms with Gasteiger partial charge < -0.3 is 9.64 Å². The van der Waals surface area contributed by atoms with E-state index in [0.717, 1.165) is 25.7 Å². The van der Waals surface area contributed by atoms with Crippen molar-refractivity contribution in [2.75, 3.05) is 7.11 Å². The number of rotatable bonds is 2. The molecule has 1 saturated carbocycles. The van der Waals surface area contributed by atoms with Crippen LogP contribution >= 0.6 is 0 Å². The van der Waals surface area contributed by atoms with E-state index in [1.54, 1.807) is 29.2 Å². The third-order valence-electron chi connectivity index (χ3n) is 5.03. The highest BCUT2D eigenvalue weighted by Gasteiger charge is 2.48. The van der Waals surface area contributed by atoms with Crippen molar-refractivity contribution >= 4 is 11.9 Å². The molecule has 1 amide bonds. The van der Waals surface area contributed by atoms with Crippen LogP contribution in [0.3, 0.4) is 0 Å². The van der Waals surface area contributed by atoms with Gasteiger partial charge in [-0.1, -0.05) is 18.9 Å². The summed E-state index contributed by atoms with van der Waals surface area (Å²) < 4.78 is 4.92. The van der Waals surface area contributed by atoms with Gasteiger partial charge in [-0.3, -0.25) is 4.79 Å². The number of nitriles is 1. The molecule has 3 atom stereocenters. The molecule has 1 aliphatic heterocycles. The summed E-state index contributed by atoms with van der Waals surface area (Å²) in [6.07, 6.45) is 4.90. The van der Waals surface area contributed by atoms with Gasteiger partial charge in [-0.05, 0) is 43.4 Å². The van der Waals surface area contributed by atoms with Crippen molar-refractivity contribution in [3.05, 3.63) is 35.4 Å². The lowest BCUT2D eigenvalue weighted by Crippen LogP contribution is -2.46. The monoisotopic (exact) mass is 312 g/mol. The van der Waals surface area contributed by atoms with Crippen LogP contribution in [0.1, 0.15) is 48.0 Å². The van der Waals surface area contributed by atoms with Crippen LogP contribution in [0, 0.1) is 17.2 Å². The molecule has 5 heteroatoms. The number of methoxy groups -OCH3 is 1. The first-order valence-corrected chi connectivity index (χ1v) is 8.06. The van der Waals surface area contributed by atoms with Gasteiger partial charge in [0.05, 0.1) is 18.7 Å². The summed E-state index contributed by atoms with van der Waals surface area (Å²) in [6, 6.07) is 8.31. The Balaban J connectivity index is 1.94. The van der Waals surface area contributed by atoms with Crippen molar-refractivity contribution in [3.8, 4) is 6.07 Å². The van der Waals surface area contributed by atoms with Crippen LogP contribution < -0.4 is 0 Å². The molecule has 2 fully saturated rings. The predicted molar refractivity (Wildman–Crippen MR) is 83.5 cm³/mol. The fourth-order valence-electron chi connectivity index (χ4n) is 3.97. The van der Waals surface area contributed by atoms with E-state index in [-0.39, 0.29) is 17.9 Å². The van der Waals surface area contributed by atoms with Gasteiger partial charge in [-0.2, -0.15) is 5.26 Å². The lowest BCUT2D eigenvalue weighted by Gasteiger charge is -2.33. The van der Waals surface area contributed by atoms with E-state index in [1.165, 1.54) is 7.11 Å². The summed E-state index contributed by atoms with van der Waals surface area (Å²) >= 11 is 0. The first kappa shape index (κ1) is 15.5. The first-order valence-electron chi connectivity index (χ1n) is 8.06. The quantitative estimate of drug-likeness (QED) is 0.787. The molecular formula is C18H20N2O3. The van der Waals surface area contributed by atoms with Crippen LogP contribution in [-0.4, -0.2) is 36.0 Å². The molecule has 3 rings (SSSR count). The van der Waals surface area contributed by atoms with Gasteiger partial charge in [0, 0.05) is 11.6 Å². The van der Waals surface area contributed by atoms with Crippen molar-refractivity contribution in [2.45, 2.75) is 44.2 Å². The number of benzene rings is 1. The molecule has 0 bridgehead atoms. The number of carbonyl (C=O) groups is 2. The maximum absolute atomic E-state index is 13.0. The zero-order valence-corrected chi connectivity index (χ0v) is 13.2. The lowest BCUT2D eigenvalue weighted by molar-refractivity contribution is -0.145. The molecule has 1 heterocycles. The topological polar surface area (TPSA) is 70.4 Å². The highest BCUT2D eigenvalue weighted by molar-refractivity contribution is 5.97. The Morgan fingerprint density at radius 1 is 1.30 bits per heavy atom. The van der Waals surface area contributed by atoms with Crippen molar-refractivity contribution in [1.29, 1.82) is 5.26 Å². The SMILES string of the molecule is COC(=O)[C@@H]1C[C@@H]2CCCC[C@@H]2N1C(=O)c1cccc(C#N)c1. The van der Waals surface area contributed by atoms with Crippen LogP contribution in [0.25, 0.3) is 0 Å². The second-order valence-corrected chi connectivity index (χ2v) is 6.29. The van der Waals surface area contributed by atoms with E-state index in [4.69, 9.17) is 10.00 Å². The van der Waals surface area contributed by atoms with Crippen LogP contribution in [0.15, 0.2) is 24.3 Å². The third kappa shape index (κ3) is 2.81. The predicted octanol–water partition coefficient (Wildman–Crippen LogP) is 2.50. The third-order valence-corrected chi connectivity index (χ3v) is 5.03. The normalized spacial score (nSPS) is 26.3. The minimum Gasteiger partial charge on any atom is -0.467 e. The van der Waals surface area contributed by atoms with Gasteiger partial charge in [0.25, 0.3) is 5.91 Å². The van der Waals surface area contributed by atoms with Gasteiger partial charge in [0.1, 0.15) is 6.04 Å². The van der Waals surface area contributed by atoms with Crippen molar-refractivity contribution in [2.24, 2.45) is 5.92 Å². The van der Waals surface area contributed by atoms with E-state index < -0.39 is 6.04 Å². The highest BCUT2D eigenvalue weighted by atomic mass is 16.5. The first-order chi connectivity index (χ1) is 11.2. The molecule has 120 valence electrons. The average molecular weight is 312 g/mol. The molecule has 0 radical (unpaired) electrons. The second-order valence-electron chi connectivity index (χ2n) is 6.29. The molecule has 5 nitrogen and oxygen atoms in total. The Kier molecular flexibility index (Phi) is 4.33. The minimum absolute atomic E-state index is 0.103. The Hall–Kier alpha value is -2.35. The Morgan fingerprint density at radius 3 is 2.83 bits per heavy atom. The molecule has 1 aliphatic carbocycles. The maximum Gasteiger partial charge on any atom is 0.328 e. The molecule has 1 saturated heterocycles. The number of carbonyl (C=O) groups excluding carboxylic acids is 2. The van der Waals surface area contributed by atoms with Crippen LogP contribution in [0.5, 0.6) is 0 Å². The number of esters is 1. The fraction of sp³-hybridized carbons (Fsp3) is 0.500. The van der Waals surface area contributed by atoms with Gasteiger partial charge in [-0.15, -0.1) is 0 Å². The Morgan fingerprint density at radius 2 is 2.09 bits per heavy atom. The van der Waals surface area contributed by atoms with Gasteiger partial charge in [0.2, 0.25) is 0 Å². The van der Waals surface area contributed by atoms with Gasteiger partial charge >= 0.3 is 5.97 Å². The van der Waals surface area contributed by atoms with E-state index in [9.17, 15) is 9.59 Å². The van der Waals surface area contributed by atoms with Crippen molar-refractivity contribution in [3.63, 3.8) is 0 Å². The number of likely N-dealkylation sites (tertiary alicyclic amines) is 1. The summed E-state index contributed by atoms with van der Waals surface area (Å²) in [7, 11) is 1.36. The molecule has 0 N–H and O–H groups in total. The number of hydrogen-bond acceptors (Lipinski definition) is 4. The van der Waals surface area contributed by atoms with Gasteiger partial charge in [0.15, 0.2) is 0 Å². The largest absolute Gasteiger partial charge is 0.467 e. The Labute approximate surface area is 135 Å². The van der Waals surface area contributed by atoms with Crippen molar-refractivity contribution in [1.82, 2.24) is 4.90 Å². The molecule has 2 aliphatic rings. The van der Waals surface area contributed by atoms with E-state index >= 15 is 0 Å². The summed E-state index contributed by atoms with van der Waals surface area (Å²) in [6.45, 7) is 0. The fourth-order valence-corrected chi connectivity index (χ4v) is 3.97. The lowest BCUT2D eigenvalue weighted by atomic mass is 9.84. The molecular weight excluding hydrogens is 292 g/mol. The minimum atomic E-state index is -0.508. The zero-order chi connectivity index (χ0) is 16.4. The summed E-state index contributed by atoms with van der Waals surface area (Å²) in [4.78, 5) is 26.9. The van der Waals surface area contributed by atoms with E-state index in [1.807, 2.05) is 0 Å². The summed E-state index contributed by atoms with van der Waals surface area (Å²) in [5.74, 6) is -0.146. The molecule has 23 heavy (non-hydrogen) atoms. The van der Waals surface area contributed by atoms with Gasteiger partial charge in [-0.25, -0.2) is 4.79 Å². The molecule has 1 aromatic carbocycles. The van der Waals surface area contributed by atoms with Crippen LogP contribution in [0.2, 0.25) is 0 Å². The number of amides is 1. The smallest absolute Gasteiger partial charge is 0.328 e. The Bertz CT molecular complexity index is 664. The number of nitrogens with zero attached hydrogens (tertiary/aromatic N) is 2. The van der Waals surface area contributed by atoms with Crippen molar-refractivity contribution < 1.29 is 14.3 Å².